The van der Waals surface area contributed by atoms with Gasteiger partial charge in [-0.05, 0) is 67.1 Å². The lowest BCUT2D eigenvalue weighted by Gasteiger charge is -2.27. The Morgan fingerprint density at radius 3 is 2.52 bits per heavy atom. The number of hydrogen-bond acceptors (Lipinski definition) is 12. The smallest absolute Gasteiger partial charge is 0.266 e. The van der Waals surface area contributed by atoms with E-state index in [4.69, 9.17) is 18.9 Å². The van der Waals surface area contributed by atoms with Crippen molar-refractivity contribution < 1.29 is 42.9 Å². The Hall–Kier alpha value is -6.13. The van der Waals surface area contributed by atoms with Gasteiger partial charge in [0, 0.05) is 68.6 Å². The maximum Gasteiger partial charge on any atom is 0.266 e. The van der Waals surface area contributed by atoms with Gasteiger partial charge < -0.3 is 28.8 Å². The molecule has 0 radical (unpaired) electrons. The second kappa shape index (κ2) is 15.7. The second-order valence-electron chi connectivity index (χ2n) is 15.2. The van der Waals surface area contributed by atoms with E-state index in [2.05, 4.69) is 20.5 Å². The van der Waals surface area contributed by atoms with Crippen LogP contribution >= 0.6 is 0 Å². The van der Waals surface area contributed by atoms with Crippen LogP contribution in [0, 0.1) is 5.41 Å². The van der Waals surface area contributed by atoms with Crippen molar-refractivity contribution in [1.82, 2.24) is 30.0 Å². The van der Waals surface area contributed by atoms with Crippen LogP contribution in [0.25, 0.3) is 21.9 Å². The van der Waals surface area contributed by atoms with E-state index in [-0.39, 0.29) is 78.9 Å². The van der Waals surface area contributed by atoms with E-state index >= 15 is 0 Å². The molecule has 5 amide bonds. The maximum absolute atomic E-state index is 13.3. The van der Waals surface area contributed by atoms with E-state index < -0.39 is 29.7 Å². The number of rotatable bonds is 14. The quantitative estimate of drug-likeness (QED) is 0.141. The number of carbonyl (C=O) groups excluding carboxylic acids is 5. The molecule has 8 rings (SSSR count). The first-order valence-corrected chi connectivity index (χ1v) is 19.3. The van der Waals surface area contributed by atoms with Gasteiger partial charge in [0.25, 0.3) is 17.4 Å². The van der Waals surface area contributed by atoms with Gasteiger partial charge in [0.2, 0.25) is 17.7 Å². The monoisotopic (exact) mass is 792 g/mol. The predicted octanol–water partition coefficient (Wildman–Crippen LogP) is 2.59. The summed E-state index contributed by atoms with van der Waals surface area (Å²) in [4.78, 5) is 83.4. The Balaban J connectivity index is 0.805. The van der Waals surface area contributed by atoms with Crippen LogP contribution in [0.3, 0.4) is 0 Å². The number of piperidine rings is 1. The van der Waals surface area contributed by atoms with E-state index in [9.17, 15) is 28.8 Å². The molecule has 3 atom stereocenters. The number of pyridine rings is 2. The highest BCUT2D eigenvalue weighted by Gasteiger charge is 2.58. The minimum Gasteiger partial charge on any atom is -0.496 e. The molecule has 2 N–H and O–H groups in total. The SMILES string of the molecule is COc1cc(-c2cn(C)c(=O)c3cnccc23)cc(OC)c1CN1CCC2(C[C@H]2NC(=O)CCOCCOc2cccc3c2C(=O)N(C2CCC(=O)NC2=O)C3=O)C1. The number of nitrogens with one attached hydrogen (secondary N) is 2. The molecule has 2 aromatic heterocycles. The van der Waals surface area contributed by atoms with E-state index in [1.807, 2.05) is 24.4 Å². The Morgan fingerprint density at radius 2 is 1.76 bits per heavy atom. The average Bonchev–Trinajstić information content (AvgIpc) is 3.59. The molecule has 302 valence electrons. The fourth-order valence-corrected chi connectivity index (χ4v) is 8.53. The van der Waals surface area contributed by atoms with Gasteiger partial charge in [-0.15, -0.1) is 0 Å². The van der Waals surface area contributed by atoms with E-state index in [1.54, 1.807) is 50.4 Å². The Morgan fingerprint density at radius 1 is 0.966 bits per heavy atom. The topological polar surface area (TPSA) is 188 Å². The van der Waals surface area contributed by atoms with Gasteiger partial charge in [0.05, 0.1) is 49.5 Å². The molecule has 1 saturated carbocycles. The van der Waals surface area contributed by atoms with E-state index in [0.717, 1.165) is 52.9 Å². The number of ether oxygens (including phenoxy) is 4. The number of aromatic nitrogens is 2. The van der Waals surface area contributed by atoms with Gasteiger partial charge in [-0.2, -0.15) is 0 Å². The molecule has 0 bridgehead atoms. The summed E-state index contributed by atoms with van der Waals surface area (Å²) in [6.07, 6.45) is 7.20. The molecular weight excluding hydrogens is 748 g/mol. The summed E-state index contributed by atoms with van der Waals surface area (Å²) in [5, 5.41) is 6.70. The van der Waals surface area contributed by atoms with Crippen LogP contribution in [0.4, 0.5) is 0 Å². The lowest BCUT2D eigenvalue weighted by molar-refractivity contribution is -0.136. The van der Waals surface area contributed by atoms with Gasteiger partial charge in [0.15, 0.2) is 0 Å². The van der Waals surface area contributed by atoms with Gasteiger partial charge in [0.1, 0.15) is 29.9 Å². The minimum atomic E-state index is -1.07. The van der Waals surface area contributed by atoms with Gasteiger partial charge in [-0.3, -0.25) is 48.9 Å². The summed E-state index contributed by atoms with van der Waals surface area (Å²) in [7, 11) is 5.00. The highest BCUT2D eigenvalue weighted by molar-refractivity contribution is 6.24. The molecule has 3 aliphatic heterocycles. The van der Waals surface area contributed by atoms with Gasteiger partial charge >= 0.3 is 0 Å². The van der Waals surface area contributed by atoms with Gasteiger partial charge in [-0.25, -0.2) is 0 Å². The molecule has 16 heteroatoms. The number of fused-ring (bicyclic) bond motifs is 2. The van der Waals surface area contributed by atoms with Crippen molar-refractivity contribution in [3.8, 4) is 28.4 Å². The van der Waals surface area contributed by atoms with Crippen molar-refractivity contribution in [2.24, 2.45) is 12.5 Å². The van der Waals surface area contributed by atoms with E-state index in [0.29, 0.717) is 23.4 Å². The zero-order valence-corrected chi connectivity index (χ0v) is 32.5. The molecule has 1 aliphatic carbocycles. The van der Waals surface area contributed by atoms with Crippen LogP contribution in [0.1, 0.15) is 58.4 Å². The van der Waals surface area contributed by atoms with Crippen LogP contribution in [0.5, 0.6) is 17.2 Å². The largest absolute Gasteiger partial charge is 0.496 e. The van der Waals surface area contributed by atoms with Crippen molar-refractivity contribution in [3.63, 3.8) is 0 Å². The number of imide groups is 2. The molecule has 58 heavy (non-hydrogen) atoms. The molecule has 3 fully saturated rings. The number of aryl methyl sites for hydroxylation is 1. The predicted molar refractivity (Wildman–Crippen MR) is 208 cm³/mol. The van der Waals surface area contributed by atoms with Crippen LogP contribution in [-0.2, 0) is 32.7 Å². The number of carbonyl (C=O) groups is 5. The average molecular weight is 793 g/mol. The third-order valence-electron chi connectivity index (χ3n) is 11.7. The lowest BCUT2D eigenvalue weighted by atomic mass is 9.99. The fourth-order valence-electron chi connectivity index (χ4n) is 8.53. The summed E-state index contributed by atoms with van der Waals surface area (Å²) in [6.45, 7) is 2.68. The van der Waals surface area contributed by atoms with Crippen molar-refractivity contribution in [1.29, 1.82) is 0 Å². The lowest BCUT2D eigenvalue weighted by Crippen LogP contribution is -2.54. The second-order valence-corrected chi connectivity index (χ2v) is 15.2. The van der Waals surface area contributed by atoms with Crippen molar-refractivity contribution >= 4 is 40.3 Å². The number of hydrogen-bond donors (Lipinski definition) is 2. The number of methoxy groups -OCH3 is 2. The third-order valence-corrected chi connectivity index (χ3v) is 11.7. The highest BCUT2D eigenvalue weighted by Crippen LogP contribution is 2.53. The number of benzene rings is 2. The molecular formula is C42H44N6O10. The summed E-state index contributed by atoms with van der Waals surface area (Å²) in [5.41, 5.74) is 2.75. The highest BCUT2D eigenvalue weighted by atomic mass is 16.5. The van der Waals surface area contributed by atoms with Crippen LogP contribution < -0.4 is 30.4 Å². The number of nitrogens with zero attached hydrogens (tertiary/aromatic N) is 4. The number of amides is 5. The first kappa shape index (κ1) is 38.7. The molecule has 2 unspecified atom stereocenters. The molecule has 5 heterocycles. The van der Waals surface area contributed by atoms with Crippen molar-refractivity contribution in [2.75, 3.05) is 47.1 Å². The summed E-state index contributed by atoms with van der Waals surface area (Å²) in [5.74, 6) is -0.909. The molecule has 4 aromatic rings. The number of likely N-dealkylation sites (tertiary alicyclic amines) is 1. The Bertz CT molecular complexity index is 2390. The Labute approximate surface area is 333 Å². The summed E-state index contributed by atoms with van der Waals surface area (Å²) in [6, 6.07) is 9.47. The molecule has 2 aromatic carbocycles. The fraction of sp³-hybridized carbons (Fsp3) is 0.405. The first-order valence-electron chi connectivity index (χ1n) is 19.3. The third kappa shape index (κ3) is 7.17. The molecule has 1 spiro atoms. The van der Waals surface area contributed by atoms with E-state index in [1.165, 1.54) is 6.07 Å². The molecule has 16 nitrogen and oxygen atoms in total. The van der Waals surface area contributed by atoms with Crippen molar-refractivity contribution in [3.05, 3.63) is 82.0 Å². The van der Waals surface area contributed by atoms with Crippen molar-refractivity contribution in [2.45, 2.75) is 50.7 Å². The van der Waals surface area contributed by atoms with Crippen LogP contribution in [0.2, 0.25) is 0 Å². The minimum absolute atomic E-state index is 0.00902. The zero-order chi connectivity index (χ0) is 40.7. The van der Waals surface area contributed by atoms with Crippen LogP contribution in [0.15, 0.2) is 59.8 Å². The maximum atomic E-state index is 13.3. The Kier molecular flexibility index (Phi) is 10.5. The van der Waals surface area contributed by atoms with Crippen LogP contribution in [-0.4, -0.2) is 108 Å². The molecule has 4 aliphatic rings. The zero-order valence-electron chi connectivity index (χ0n) is 32.5. The normalized spacial score (nSPS) is 21.4. The summed E-state index contributed by atoms with van der Waals surface area (Å²) < 4.78 is 24.8. The first-order chi connectivity index (χ1) is 28.0. The van der Waals surface area contributed by atoms with Gasteiger partial charge in [-0.1, -0.05) is 6.07 Å². The molecule has 2 saturated heterocycles. The summed E-state index contributed by atoms with van der Waals surface area (Å²) >= 11 is 0. The standard InChI is InChI=1S/C42H44N6O10/c1-46-21-28(25-9-12-43-20-27(25)39(46)52)24-17-32(55-2)29(33(18-24)56-3)22-47-13-11-42(23-47)19-34(42)44-36(50)10-14-57-15-16-58-31-6-4-5-26-37(31)41(54)48(40(26)53)30-7-8-35(49)45-38(30)51/h4-6,9,12,17-18,20-21,30,34H,7-8,10-11,13-16,19,22-23H2,1-3H3,(H,44,50)(H,45,49,51)/t30?,34-,42?/m1/s1.